The molecule has 3 heterocycles. The van der Waals surface area contributed by atoms with Crippen molar-refractivity contribution in [1.29, 1.82) is 0 Å². The average Bonchev–Trinajstić information content (AvgIpc) is 3.40. The monoisotopic (exact) mass is 487 g/mol. The number of rotatable bonds is 4. The molecular formula is C27H31N4O3Si. The Balaban J connectivity index is 1.88. The maximum Gasteiger partial charge on any atom is 0.350 e. The van der Waals surface area contributed by atoms with Gasteiger partial charge in [-0.2, -0.15) is 0 Å². The molecule has 2 aromatic carbocycles. The number of hydrogen-bond acceptors (Lipinski definition) is 4. The van der Waals surface area contributed by atoms with E-state index in [1.54, 1.807) is 6.20 Å². The predicted octanol–water partition coefficient (Wildman–Crippen LogP) is 6.75. The number of aliphatic hydroxyl groups is 1. The first-order valence-electron chi connectivity index (χ1n) is 11.7. The molecule has 4 aromatic rings. The molecule has 2 atom stereocenters. The highest BCUT2D eigenvalue weighted by Gasteiger charge is 2.65. The minimum atomic E-state index is -1.56. The molecule has 2 aromatic heterocycles. The van der Waals surface area contributed by atoms with Gasteiger partial charge in [-0.3, -0.25) is 0 Å². The third kappa shape index (κ3) is 3.17. The van der Waals surface area contributed by atoms with Gasteiger partial charge in [0.25, 0.3) is 9.04 Å². The number of fused-ring (bicyclic) bond motifs is 2. The van der Waals surface area contributed by atoms with E-state index in [9.17, 15) is 5.11 Å². The summed E-state index contributed by atoms with van der Waals surface area (Å²) >= 11 is 0. The summed E-state index contributed by atoms with van der Waals surface area (Å²) in [5, 5.41) is 28.9. The largest absolute Gasteiger partial charge is 0.591 e. The Morgan fingerprint density at radius 2 is 1.54 bits per heavy atom. The Morgan fingerprint density at radius 1 is 0.971 bits per heavy atom. The number of nitrogens with one attached hydrogen (secondary N) is 2. The summed E-state index contributed by atoms with van der Waals surface area (Å²) in [6.07, 6.45) is 3.65. The van der Waals surface area contributed by atoms with Crippen LogP contribution in [0.2, 0.25) is 13.1 Å². The van der Waals surface area contributed by atoms with Crippen molar-refractivity contribution in [2.45, 2.75) is 46.3 Å². The molecule has 35 heavy (non-hydrogen) atoms. The molecule has 2 unspecified atom stereocenters. The molecule has 1 radical (unpaired) electrons. The van der Waals surface area contributed by atoms with E-state index in [2.05, 4.69) is 9.97 Å². The second kappa shape index (κ2) is 7.92. The molecule has 0 aliphatic carbocycles. The number of aromatic amines is 2. The highest BCUT2D eigenvalue weighted by Crippen LogP contribution is 2.57. The van der Waals surface area contributed by atoms with Crippen LogP contribution >= 0.6 is 0 Å². The first kappa shape index (κ1) is 23.6. The van der Waals surface area contributed by atoms with Crippen LogP contribution in [-0.4, -0.2) is 34.6 Å². The topological polar surface area (TPSA) is 96.5 Å². The highest BCUT2D eigenvalue weighted by atomic mass is 28.3. The Kier molecular flexibility index (Phi) is 5.34. The SMILES string of the molecule is CC1=NC(c2c[nH]c3ccccc23)=C(O)[N+]([O-])(O[Si](C)C)C1(c1c[nH]c2ccccc12)C(C)(C)C. The van der Waals surface area contributed by atoms with Gasteiger partial charge >= 0.3 is 5.88 Å². The van der Waals surface area contributed by atoms with Crippen molar-refractivity contribution in [3.05, 3.63) is 83.1 Å². The summed E-state index contributed by atoms with van der Waals surface area (Å²) in [5.74, 6) is -0.438. The standard InChI is InChI=1S/C27H31N4O3Si/c1-17-27(26(2,3)4,21-16-29-23-14-10-8-12-19(21)23)31(33,34-35(5)6)25(32)24(30-17)20-15-28-22-13-9-7-11-18(20)22/h7-16,28-29,32H,1-6H3. The lowest BCUT2D eigenvalue weighted by molar-refractivity contribution is -1.07. The van der Waals surface area contributed by atoms with E-state index < -0.39 is 30.7 Å². The zero-order chi connectivity index (χ0) is 25.2. The Bertz CT molecular complexity index is 1490. The molecule has 0 amide bonds. The van der Waals surface area contributed by atoms with Gasteiger partial charge in [0.2, 0.25) is 5.54 Å². The third-order valence-corrected chi connectivity index (χ3v) is 7.58. The van der Waals surface area contributed by atoms with Gasteiger partial charge < -0.3 is 20.3 Å². The fourth-order valence-corrected chi connectivity index (χ4v) is 6.48. The number of H-pyrrole nitrogens is 2. The molecule has 5 rings (SSSR count). The van der Waals surface area contributed by atoms with E-state index in [1.807, 2.05) is 95.5 Å². The van der Waals surface area contributed by atoms with Crippen molar-refractivity contribution in [3.63, 3.8) is 0 Å². The van der Waals surface area contributed by atoms with E-state index in [-0.39, 0.29) is 5.70 Å². The predicted molar refractivity (Wildman–Crippen MR) is 143 cm³/mol. The van der Waals surface area contributed by atoms with Crippen molar-refractivity contribution in [1.82, 2.24) is 9.97 Å². The molecular weight excluding hydrogens is 456 g/mol. The van der Waals surface area contributed by atoms with Gasteiger partial charge in [0.15, 0.2) is 5.70 Å². The summed E-state index contributed by atoms with van der Waals surface area (Å²) in [4.78, 5) is 10.2. The van der Waals surface area contributed by atoms with Crippen LogP contribution in [0.4, 0.5) is 0 Å². The van der Waals surface area contributed by atoms with E-state index in [0.717, 1.165) is 27.4 Å². The van der Waals surface area contributed by atoms with Gasteiger partial charge in [-0.15, -0.1) is 4.81 Å². The van der Waals surface area contributed by atoms with Crippen LogP contribution in [0.25, 0.3) is 27.5 Å². The van der Waals surface area contributed by atoms with Gasteiger partial charge in [0, 0.05) is 50.7 Å². The molecule has 0 saturated carbocycles. The number of quaternary nitrogens is 1. The third-order valence-electron chi connectivity index (χ3n) is 6.96. The number of hydroxylamine groups is 4. The summed E-state index contributed by atoms with van der Waals surface area (Å²) in [6.45, 7) is 11.7. The number of aliphatic hydroxyl groups excluding tert-OH is 1. The maximum atomic E-state index is 15.3. The second-order valence-electron chi connectivity index (χ2n) is 10.4. The van der Waals surface area contributed by atoms with Crippen LogP contribution in [-0.2, 0) is 10.1 Å². The van der Waals surface area contributed by atoms with Crippen LogP contribution in [0.1, 0.15) is 38.8 Å². The summed E-state index contributed by atoms with van der Waals surface area (Å²) in [6, 6.07) is 15.6. The van der Waals surface area contributed by atoms with Crippen LogP contribution < -0.4 is 0 Å². The summed E-state index contributed by atoms with van der Waals surface area (Å²) in [7, 11) is -1.56. The second-order valence-corrected chi connectivity index (χ2v) is 12.4. The Hall–Kier alpha value is -3.17. The average molecular weight is 488 g/mol. The highest BCUT2D eigenvalue weighted by molar-refractivity contribution is 6.48. The Morgan fingerprint density at radius 3 is 2.17 bits per heavy atom. The van der Waals surface area contributed by atoms with Crippen molar-refractivity contribution in [3.8, 4) is 0 Å². The van der Waals surface area contributed by atoms with Crippen molar-refractivity contribution >= 4 is 42.3 Å². The van der Waals surface area contributed by atoms with Crippen LogP contribution in [0.3, 0.4) is 0 Å². The van der Waals surface area contributed by atoms with Gasteiger partial charge in [-0.05, 0) is 32.2 Å². The van der Waals surface area contributed by atoms with E-state index >= 15 is 5.21 Å². The van der Waals surface area contributed by atoms with E-state index in [0.29, 0.717) is 11.3 Å². The zero-order valence-electron chi connectivity index (χ0n) is 20.9. The molecule has 0 saturated heterocycles. The maximum absolute atomic E-state index is 15.3. The Labute approximate surface area is 206 Å². The number of benzene rings is 2. The van der Waals surface area contributed by atoms with Gasteiger partial charge in [-0.1, -0.05) is 57.2 Å². The molecule has 1 aliphatic rings. The van der Waals surface area contributed by atoms with E-state index in [1.165, 1.54) is 0 Å². The molecule has 7 nitrogen and oxygen atoms in total. The molecule has 0 fully saturated rings. The molecule has 0 spiro atoms. The molecule has 8 heteroatoms. The van der Waals surface area contributed by atoms with Crippen LogP contribution in [0, 0.1) is 10.6 Å². The first-order valence-corrected chi connectivity index (χ1v) is 14.2. The number of aliphatic imine (C=N–C) groups is 1. The van der Waals surface area contributed by atoms with Gasteiger partial charge in [0.1, 0.15) is 0 Å². The lowest BCUT2D eigenvalue weighted by Gasteiger charge is -2.59. The fourth-order valence-electron chi connectivity index (χ4n) is 5.74. The normalized spacial score (nSPS) is 23.5. The minimum Gasteiger partial charge on any atom is -0.591 e. The van der Waals surface area contributed by atoms with Crippen molar-refractivity contribution in [2.75, 3.05) is 0 Å². The number of para-hydroxylation sites is 2. The zero-order valence-corrected chi connectivity index (χ0v) is 21.9. The fraction of sp³-hybridized carbons (Fsp3) is 0.296. The number of hydrogen-bond donors (Lipinski definition) is 3. The molecule has 1 aliphatic heterocycles. The van der Waals surface area contributed by atoms with Crippen molar-refractivity contribution in [2.24, 2.45) is 10.4 Å². The lowest BCUT2D eigenvalue weighted by atomic mass is 9.65. The van der Waals surface area contributed by atoms with Crippen molar-refractivity contribution < 1.29 is 14.4 Å². The number of nitrogens with zero attached hydrogens (tertiary/aromatic N) is 2. The minimum absolute atomic E-state index is 0.234. The van der Waals surface area contributed by atoms with Gasteiger partial charge in [-0.25, -0.2) is 9.52 Å². The summed E-state index contributed by atoms with van der Waals surface area (Å²) < 4.78 is 6.29. The first-order chi connectivity index (χ1) is 16.5. The van der Waals surface area contributed by atoms with Crippen LogP contribution in [0.15, 0.2) is 71.8 Å². The number of aromatic nitrogens is 2. The van der Waals surface area contributed by atoms with E-state index in [4.69, 9.17) is 9.52 Å². The smallest absolute Gasteiger partial charge is 0.350 e. The van der Waals surface area contributed by atoms with Crippen LogP contribution in [0.5, 0.6) is 0 Å². The molecule has 3 N–H and O–H groups in total. The molecule has 181 valence electrons. The molecule has 0 bridgehead atoms. The quantitative estimate of drug-likeness (QED) is 0.169. The van der Waals surface area contributed by atoms with Gasteiger partial charge in [0.05, 0.1) is 5.71 Å². The lowest BCUT2D eigenvalue weighted by Crippen LogP contribution is -2.69. The summed E-state index contributed by atoms with van der Waals surface area (Å²) in [5.41, 5.74) is 2.05.